The van der Waals surface area contributed by atoms with Crippen LogP contribution in [0.1, 0.15) is 0 Å². The SMILES string of the molecule is COc1cccc(-n2c3ccccc3c3cc4c(nc32)c2ccccc2n4-c2ccccc2)c1. The van der Waals surface area contributed by atoms with Crippen molar-refractivity contribution in [1.82, 2.24) is 14.1 Å². The molecular formula is C30H21N3O. The van der Waals surface area contributed by atoms with E-state index in [9.17, 15) is 0 Å². The average molecular weight is 440 g/mol. The second-order valence-corrected chi connectivity index (χ2v) is 8.47. The summed E-state index contributed by atoms with van der Waals surface area (Å²) in [4.78, 5) is 5.32. The molecular weight excluding hydrogens is 418 g/mol. The third kappa shape index (κ3) is 2.63. The first-order valence-electron chi connectivity index (χ1n) is 11.4. The maximum Gasteiger partial charge on any atom is 0.146 e. The minimum atomic E-state index is 0.824. The van der Waals surface area contributed by atoms with Crippen LogP contribution in [-0.2, 0) is 0 Å². The van der Waals surface area contributed by atoms with Gasteiger partial charge in [0.25, 0.3) is 0 Å². The van der Waals surface area contributed by atoms with Gasteiger partial charge in [0.2, 0.25) is 0 Å². The van der Waals surface area contributed by atoms with Crippen molar-refractivity contribution in [2.24, 2.45) is 0 Å². The van der Waals surface area contributed by atoms with E-state index in [0.29, 0.717) is 0 Å². The van der Waals surface area contributed by atoms with E-state index in [2.05, 4.69) is 106 Å². The predicted molar refractivity (Wildman–Crippen MR) is 139 cm³/mol. The lowest BCUT2D eigenvalue weighted by Crippen LogP contribution is -1.97. The molecule has 0 saturated heterocycles. The van der Waals surface area contributed by atoms with Crippen LogP contribution in [0.4, 0.5) is 0 Å². The quantitative estimate of drug-likeness (QED) is 0.290. The summed E-state index contributed by atoms with van der Waals surface area (Å²) < 4.78 is 10.1. The Hall–Kier alpha value is -4.57. The van der Waals surface area contributed by atoms with E-state index < -0.39 is 0 Å². The van der Waals surface area contributed by atoms with E-state index in [1.807, 2.05) is 12.1 Å². The Balaban J connectivity index is 1.67. The number of benzene rings is 4. The van der Waals surface area contributed by atoms with Gasteiger partial charge >= 0.3 is 0 Å². The molecule has 34 heavy (non-hydrogen) atoms. The van der Waals surface area contributed by atoms with E-state index >= 15 is 0 Å². The molecule has 4 aromatic carbocycles. The normalized spacial score (nSPS) is 11.7. The van der Waals surface area contributed by atoms with Gasteiger partial charge in [0.1, 0.15) is 11.4 Å². The van der Waals surface area contributed by atoms with Crippen LogP contribution in [0.25, 0.3) is 55.2 Å². The van der Waals surface area contributed by atoms with E-state index in [1.54, 1.807) is 7.11 Å². The first kappa shape index (κ1) is 18.9. The summed E-state index contributed by atoms with van der Waals surface area (Å²) in [5.74, 6) is 0.824. The molecule has 0 atom stereocenters. The third-order valence-electron chi connectivity index (χ3n) is 6.60. The van der Waals surface area contributed by atoms with Crippen LogP contribution in [-0.4, -0.2) is 21.2 Å². The largest absolute Gasteiger partial charge is 0.497 e. The minimum Gasteiger partial charge on any atom is -0.497 e. The molecule has 0 aliphatic heterocycles. The van der Waals surface area contributed by atoms with Crippen molar-refractivity contribution in [1.29, 1.82) is 0 Å². The van der Waals surface area contributed by atoms with Crippen LogP contribution in [0.2, 0.25) is 0 Å². The number of aromatic nitrogens is 3. The van der Waals surface area contributed by atoms with Crippen LogP contribution in [0.5, 0.6) is 5.75 Å². The van der Waals surface area contributed by atoms with Gasteiger partial charge in [0.15, 0.2) is 0 Å². The number of fused-ring (bicyclic) bond motifs is 6. The number of para-hydroxylation sites is 3. The van der Waals surface area contributed by atoms with Crippen molar-refractivity contribution in [2.45, 2.75) is 0 Å². The Morgan fingerprint density at radius 3 is 2.03 bits per heavy atom. The molecule has 0 N–H and O–H groups in total. The highest BCUT2D eigenvalue weighted by atomic mass is 16.5. The molecule has 0 fully saturated rings. The van der Waals surface area contributed by atoms with Crippen LogP contribution >= 0.6 is 0 Å². The van der Waals surface area contributed by atoms with Gasteiger partial charge in [-0.15, -0.1) is 0 Å². The van der Waals surface area contributed by atoms with E-state index in [1.165, 1.54) is 5.39 Å². The first-order valence-corrected chi connectivity index (χ1v) is 11.4. The number of nitrogens with zero attached hydrogens (tertiary/aromatic N) is 3. The molecule has 0 saturated carbocycles. The average Bonchev–Trinajstić information content (AvgIpc) is 3.40. The second-order valence-electron chi connectivity index (χ2n) is 8.47. The summed E-state index contributed by atoms with van der Waals surface area (Å²) in [6.45, 7) is 0. The molecule has 0 unspecified atom stereocenters. The molecule has 162 valence electrons. The zero-order chi connectivity index (χ0) is 22.6. The van der Waals surface area contributed by atoms with Crippen LogP contribution in [0, 0.1) is 0 Å². The van der Waals surface area contributed by atoms with Crippen LogP contribution < -0.4 is 4.74 Å². The van der Waals surface area contributed by atoms with Gasteiger partial charge in [0, 0.05) is 27.9 Å². The Labute approximate surface area is 196 Å². The van der Waals surface area contributed by atoms with Gasteiger partial charge in [-0.3, -0.25) is 4.57 Å². The van der Waals surface area contributed by atoms with Gasteiger partial charge in [0.05, 0.1) is 34.9 Å². The van der Waals surface area contributed by atoms with E-state index in [-0.39, 0.29) is 0 Å². The summed E-state index contributed by atoms with van der Waals surface area (Å²) in [6, 6.07) is 38.0. The zero-order valence-electron chi connectivity index (χ0n) is 18.6. The van der Waals surface area contributed by atoms with E-state index in [0.717, 1.165) is 55.6 Å². The third-order valence-corrected chi connectivity index (χ3v) is 6.60. The van der Waals surface area contributed by atoms with Gasteiger partial charge in [-0.25, -0.2) is 4.98 Å². The fraction of sp³-hybridized carbons (Fsp3) is 0.0333. The van der Waals surface area contributed by atoms with Crippen molar-refractivity contribution in [3.05, 3.63) is 109 Å². The highest BCUT2D eigenvalue weighted by molar-refractivity contribution is 6.15. The first-order chi connectivity index (χ1) is 16.8. The smallest absolute Gasteiger partial charge is 0.146 e. The molecule has 4 heteroatoms. The number of pyridine rings is 1. The van der Waals surface area contributed by atoms with Crippen molar-refractivity contribution in [3.63, 3.8) is 0 Å². The number of hydrogen-bond donors (Lipinski definition) is 0. The predicted octanol–water partition coefficient (Wildman–Crippen LogP) is 7.28. The number of methoxy groups -OCH3 is 1. The fourth-order valence-corrected chi connectivity index (χ4v) is 5.11. The van der Waals surface area contributed by atoms with Crippen LogP contribution in [0.15, 0.2) is 109 Å². The topological polar surface area (TPSA) is 32.0 Å². The van der Waals surface area contributed by atoms with Gasteiger partial charge in [-0.2, -0.15) is 0 Å². The molecule has 0 spiro atoms. The molecule has 0 aliphatic rings. The standard InChI is InChI=1S/C30H21N3O/c1-34-22-13-9-12-21(18-22)33-26-16-7-5-14-23(26)25-19-28-29(31-30(25)33)24-15-6-8-17-27(24)32(28)20-10-3-2-4-11-20/h2-19H,1H3. The van der Waals surface area contributed by atoms with E-state index in [4.69, 9.17) is 9.72 Å². The van der Waals surface area contributed by atoms with Crippen LogP contribution in [0.3, 0.4) is 0 Å². The number of ether oxygens (including phenoxy) is 1. The zero-order valence-corrected chi connectivity index (χ0v) is 18.6. The van der Waals surface area contributed by atoms with Gasteiger partial charge in [-0.05, 0) is 42.5 Å². The molecule has 0 radical (unpaired) electrons. The van der Waals surface area contributed by atoms with Crippen molar-refractivity contribution < 1.29 is 4.74 Å². The van der Waals surface area contributed by atoms with Gasteiger partial charge < -0.3 is 9.30 Å². The summed E-state index contributed by atoms with van der Waals surface area (Å²) in [7, 11) is 1.70. The molecule has 3 aromatic heterocycles. The molecule has 7 rings (SSSR count). The Morgan fingerprint density at radius 1 is 0.559 bits per heavy atom. The maximum atomic E-state index is 5.52. The maximum absolute atomic E-state index is 5.52. The Bertz CT molecular complexity index is 1840. The minimum absolute atomic E-state index is 0.824. The molecule has 7 aromatic rings. The lowest BCUT2D eigenvalue weighted by Gasteiger charge is -2.09. The van der Waals surface area contributed by atoms with Crippen molar-refractivity contribution >= 4 is 43.9 Å². The summed E-state index contributed by atoms with van der Waals surface area (Å²) >= 11 is 0. The summed E-state index contributed by atoms with van der Waals surface area (Å²) in [6.07, 6.45) is 0. The summed E-state index contributed by atoms with van der Waals surface area (Å²) in [5.41, 5.74) is 7.49. The summed E-state index contributed by atoms with van der Waals surface area (Å²) in [5, 5.41) is 3.45. The van der Waals surface area contributed by atoms with Crippen molar-refractivity contribution in [2.75, 3.05) is 7.11 Å². The Morgan fingerprint density at radius 2 is 1.24 bits per heavy atom. The molecule has 3 heterocycles. The van der Waals surface area contributed by atoms with Crippen molar-refractivity contribution in [3.8, 4) is 17.1 Å². The lowest BCUT2D eigenvalue weighted by molar-refractivity contribution is 0.414. The number of hydrogen-bond acceptors (Lipinski definition) is 2. The van der Waals surface area contributed by atoms with Gasteiger partial charge in [-0.1, -0.05) is 60.7 Å². The molecule has 0 bridgehead atoms. The Kier molecular flexibility index (Phi) is 4.02. The number of rotatable bonds is 3. The molecule has 4 nitrogen and oxygen atoms in total. The second kappa shape index (κ2) is 7.22. The highest BCUT2D eigenvalue weighted by Gasteiger charge is 2.19. The fourth-order valence-electron chi connectivity index (χ4n) is 5.11. The molecule has 0 aliphatic carbocycles. The molecule has 0 amide bonds. The lowest BCUT2D eigenvalue weighted by atomic mass is 10.2. The monoisotopic (exact) mass is 439 g/mol. The highest BCUT2D eigenvalue weighted by Crippen LogP contribution is 2.37.